The van der Waals surface area contributed by atoms with Crippen LogP contribution in [0.2, 0.25) is 0 Å². The predicted octanol–water partition coefficient (Wildman–Crippen LogP) is 2.95. The van der Waals surface area contributed by atoms with Gasteiger partial charge in [0.05, 0.1) is 30.1 Å². The van der Waals surface area contributed by atoms with E-state index in [2.05, 4.69) is 43.3 Å². The van der Waals surface area contributed by atoms with Crippen molar-refractivity contribution in [3.8, 4) is 5.69 Å². The van der Waals surface area contributed by atoms with Crippen LogP contribution in [0.15, 0.2) is 42.6 Å². The molecule has 0 radical (unpaired) electrons. The van der Waals surface area contributed by atoms with Crippen molar-refractivity contribution in [3.05, 3.63) is 48.3 Å². The van der Waals surface area contributed by atoms with Gasteiger partial charge in [-0.15, -0.1) is 0 Å². The normalized spacial score (nSPS) is 12.8. The number of nitrogens with zero attached hydrogens (tertiary/aromatic N) is 2. The van der Waals surface area contributed by atoms with E-state index in [1.165, 1.54) is 0 Å². The second-order valence-corrected chi connectivity index (χ2v) is 5.00. The van der Waals surface area contributed by atoms with Crippen LogP contribution in [-0.4, -0.2) is 29.0 Å². The molecule has 1 atom stereocenters. The van der Waals surface area contributed by atoms with Gasteiger partial charge >= 0.3 is 0 Å². The molecule has 1 aromatic heterocycles. The number of aromatic nitrogens is 2. The summed E-state index contributed by atoms with van der Waals surface area (Å²) in [5, 5.41) is 7.90. The standard InChI is InChI=1S/C16H23N3O/c1-4-17-15(12-20-13(2)3)16-10-11-18-19(16)14-8-6-5-7-9-14/h5-11,13,15,17H,4,12H2,1-3H3. The Kier molecular flexibility index (Phi) is 5.32. The number of ether oxygens (including phenoxy) is 1. The van der Waals surface area contributed by atoms with Crippen molar-refractivity contribution in [2.75, 3.05) is 13.2 Å². The minimum absolute atomic E-state index is 0.144. The van der Waals surface area contributed by atoms with Crippen molar-refractivity contribution in [1.29, 1.82) is 0 Å². The number of benzene rings is 1. The van der Waals surface area contributed by atoms with E-state index < -0.39 is 0 Å². The fraction of sp³-hybridized carbons (Fsp3) is 0.438. The average Bonchev–Trinajstić information content (AvgIpc) is 2.93. The number of likely N-dealkylation sites (N-methyl/N-ethyl adjacent to an activating group) is 1. The Bertz CT molecular complexity index is 507. The summed E-state index contributed by atoms with van der Waals surface area (Å²) in [6, 6.07) is 12.4. The Hall–Kier alpha value is -1.65. The minimum atomic E-state index is 0.144. The monoisotopic (exact) mass is 273 g/mol. The van der Waals surface area contributed by atoms with Gasteiger partial charge in [0.2, 0.25) is 0 Å². The molecule has 0 saturated carbocycles. The van der Waals surface area contributed by atoms with Crippen molar-refractivity contribution in [3.63, 3.8) is 0 Å². The number of nitrogens with one attached hydrogen (secondary N) is 1. The molecule has 0 aliphatic rings. The van der Waals surface area contributed by atoms with Crippen LogP contribution in [-0.2, 0) is 4.74 Å². The summed E-state index contributed by atoms with van der Waals surface area (Å²) < 4.78 is 7.74. The molecule has 2 rings (SSSR count). The van der Waals surface area contributed by atoms with Crippen LogP contribution in [0.4, 0.5) is 0 Å². The first-order chi connectivity index (χ1) is 9.72. The van der Waals surface area contributed by atoms with E-state index in [0.717, 1.165) is 17.9 Å². The smallest absolute Gasteiger partial charge is 0.0734 e. The van der Waals surface area contributed by atoms with Crippen molar-refractivity contribution in [2.45, 2.75) is 32.9 Å². The molecule has 4 nitrogen and oxygen atoms in total. The molecule has 4 heteroatoms. The van der Waals surface area contributed by atoms with E-state index in [1.54, 1.807) is 0 Å². The largest absolute Gasteiger partial charge is 0.377 e. The third-order valence-corrected chi connectivity index (χ3v) is 3.08. The average molecular weight is 273 g/mol. The highest BCUT2D eigenvalue weighted by atomic mass is 16.5. The topological polar surface area (TPSA) is 39.1 Å². The van der Waals surface area contributed by atoms with E-state index in [-0.39, 0.29) is 12.1 Å². The molecule has 0 aliphatic carbocycles. The summed E-state index contributed by atoms with van der Waals surface area (Å²) in [5.74, 6) is 0. The highest BCUT2D eigenvalue weighted by Gasteiger charge is 2.17. The van der Waals surface area contributed by atoms with Crippen LogP contribution in [0, 0.1) is 0 Å². The van der Waals surface area contributed by atoms with Crippen LogP contribution >= 0.6 is 0 Å². The van der Waals surface area contributed by atoms with E-state index in [4.69, 9.17) is 4.74 Å². The molecule has 20 heavy (non-hydrogen) atoms. The summed E-state index contributed by atoms with van der Waals surface area (Å²) in [6.07, 6.45) is 2.06. The Labute approximate surface area is 120 Å². The molecule has 0 spiro atoms. The fourth-order valence-corrected chi connectivity index (χ4v) is 2.15. The van der Waals surface area contributed by atoms with Crippen molar-refractivity contribution in [2.24, 2.45) is 0 Å². The molecule has 0 saturated heterocycles. The SMILES string of the molecule is CCNC(COC(C)C)c1ccnn1-c1ccccc1. The fourth-order valence-electron chi connectivity index (χ4n) is 2.15. The molecule has 0 amide bonds. The summed E-state index contributed by atoms with van der Waals surface area (Å²) in [7, 11) is 0. The maximum atomic E-state index is 5.77. The van der Waals surface area contributed by atoms with E-state index >= 15 is 0 Å². The maximum Gasteiger partial charge on any atom is 0.0734 e. The van der Waals surface area contributed by atoms with Crippen LogP contribution in [0.1, 0.15) is 32.5 Å². The van der Waals surface area contributed by atoms with Gasteiger partial charge in [-0.05, 0) is 38.6 Å². The van der Waals surface area contributed by atoms with Crippen molar-refractivity contribution < 1.29 is 4.74 Å². The van der Waals surface area contributed by atoms with Gasteiger partial charge in [-0.25, -0.2) is 4.68 Å². The van der Waals surface area contributed by atoms with Gasteiger partial charge in [-0.2, -0.15) is 5.10 Å². The number of hydrogen-bond acceptors (Lipinski definition) is 3. The molecule has 108 valence electrons. The first-order valence-electron chi connectivity index (χ1n) is 7.16. The van der Waals surface area contributed by atoms with Gasteiger partial charge < -0.3 is 10.1 Å². The lowest BCUT2D eigenvalue weighted by Gasteiger charge is -2.20. The van der Waals surface area contributed by atoms with E-state index in [0.29, 0.717) is 6.61 Å². The number of rotatable bonds is 7. The van der Waals surface area contributed by atoms with Crippen molar-refractivity contribution >= 4 is 0 Å². The van der Waals surface area contributed by atoms with Gasteiger partial charge in [-0.3, -0.25) is 0 Å². The first-order valence-corrected chi connectivity index (χ1v) is 7.16. The van der Waals surface area contributed by atoms with E-state index in [1.807, 2.05) is 35.1 Å². The summed E-state index contributed by atoms with van der Waals surface area (Å²) in [6.45, 7) is 7.75. The zero-order chi connectivity index (χ0) is 14.4. The zero-order valence-corrected chi connectivity index (χ0v) is 12.4. The molecular weight excluding hydrogens is 250 g/mol. The molecule has 1 heterocycles. The quantitative estimate of drug-likeness (QED) is 0.843. The highest BCUT2D eigenvalue weighted by Crippen LogP contribution is 2.18. The van der Waals surface area contributed by atoms with Gasteiger partial charge in [-0.1, -0.05) is 25.1 Å². The van der Waals surface area contributed by atoms with Gasteiger partial charge in [0.25, 0.3) is 0 Å². The van der Waals surface area contributed by atoms with Gasteiger partial charge in [0.15, 0.2) is 0 Å². The number of para-hydroxylation sites is 1. The molecule has 0 bridgehead atoms. The number of hydrogen-bond donors (Lipinski definition) is 1. The second-order valence-electron chi connectivity index (χ2n) is 5.00. The van der Waals surface area contributed by atoms with E-state index in [9.17, 15) is 0 Å². The second kappa shape index (κ2) is 7.22. The molecule has 0 aliphatic heterocycles. The molecule has 0 fully saturated rings. The molecule has 1 unspecified atom stereocenters. The summed E-state index contributed by atoms with van der Waals surface area (Å²) >= 11 is 0. The minimum Gasteiger partial charge on any atom is -0.377 e. The Balaban J connectivity index is 2.23. The lowest BCUT2D eigenvalue weighted by Crippen LogP contribution is -2.28. The van der Waals surface area contributed by atoms with Crippen LogP contribution in [0.25, 0.3) is 5.69 Å². The molecule has 1 aromatic carbocycles. The first kappa shape index (κ1) is 14.8. The summed E-state index contributed by atoms with van der Waals surface area (Å²) in [4.78, 5) is 0. The van der Waals surface area contributed by atoms with Crippen LogP contribution in [0.3, 0.4) is 0 Å². The Morgan fingerprint density at radius 3 is 2.60 bits per heavy atom. The maximum absolute atomic E-state index is 5.77. The van der Waals surface area contributed by atoms with Crippen LogP contribution in [0.5, 0.6) is 0 Å². The Morgan fingerprint density at radius 2 is 1.95 bits per heavy atom. The molecule has 1 N–H and O–H groups in total. The Morgan fingerprint density at radius 1 is 1.20 bits per heavy atom. The lowest BCUT2D eigenvalue weighted by atomic mass is 10.2. The summed E-state index contributed by atoms with van der Waals surface area (Å²) in [5.41, 5.74) is 2.19. The molecule has 2 aromatic rings. The van der Waals surface area contributed by atoms with Gasteiger partial charge in [0, 0.05) is 6.20 Å². The lowest BCUT2D eigenvalue weighted by molar-refractivity contribution is 0.0602. The third kappa shape index (κ3) is 3.68. The highest BCUT2D eigenvalue weighted by molar-refractivity contribution is 5.33. The predicted molar refractivity (Wildman–Crippen MR) is 81.1 cm³/mol. The van der Waals surface area contributed by atoms with Gasteiger partial charge in [0.1, 0.15) is 0 Å². The van der Waals surface area contributed by atoms with Crippen molar-refractivity contribution in [1.82, 2.24) is 15.1 Å². The molecular formula is C16H23N3O. The zero-order valence-electron chi connectivity index (χ0n) is 12.4. The van der Waals surface area contributed by atoms with Crippen LogP contribution < -0.4 is 5.32 Å². The third-order valence-electron chi connectivity index (χ3n) is 3.08.